The first-order valence-electron chi connectivity index (χ1n) is 8.60. The van der Waals surface area contributed by atoms with E-state index in [0.717, 1.165) is 50.0 Å². The van der Waals surface area contributed by atoms with Crippen molar-refractivity contribution >= 4 is 6.29 Å². The molecule has 3 rings (SSSR count). The molecule has 0 bridgehead atoms. The zero-order valence-electron chi connectivity index (χ0n) is 14.2. The van der Waals surface area contributed by atoms with Crippen molar-refractivity contribution in [3.8, 4) is 0 Å². The number of aromatic nitrogens is 1. The third-order valence-electron chi connectivity index (χ3n) is 5.14. The number of rotatable bonds is 6. The summed E-state index contributed by atoms with van der Waals surface area (Å²) in [5, 5.41) is 3.56. The molecule has 1 aliphatic heterocycles. The van der Waals surface area contributed by atoms with E-state index in [1.807, 2.05) is 31.4 Å². The van der Waals surface area contributed by atoms with Crippen LogP contribution in [0.2, 0.25) is 0 Å². The van der Waals surface area contributed by atoms with Gasteiger partial charge in [0, 0.05) is 37.8 Å². The van der Waals surface area contributed by atoms with Gasteiger partial charge in [0.15, 0.2) is 0 Å². The Morgan fingerprint density at radius 2 is 1.92 bits per heavy atom. The maximum absolute atomic E-state index is 11.0. The Hall–Kier alpha value is -2.04. The highest BCUT2D eigenvalue weighted by Gasteiger charge is 2.36. The predicted molar refractivity (Wildman–Crippen MR) is 95.7 cm³/mol. The van der Waals surface area contributed by atoms with Gasteiger partial charge >= 0.3 is 0 Å². The smallest absolute Gasteiger partial charge is 0.124 e. The Kier molecular flexibility index (Phi) is 5.38. The van der Waals surface area contributed by atoms with Crippen LogP contribution in [-0.2, 0) is 23.3 Å². The van der Waals surface area contributed by atoms with Gasteiger partial charge in [-0.15, -0.1) is 0 Å². The lowest BCUT2D eigenvalue weighted by Crippen LogP contribution is -2.50. The summed E-state index contributed by atoms with van der Waals surface area (Å²) >= 11 is 0. The molecule has 0 amide bonds. The molecule has 0 saturated carbocycles. The zero-order valence-corrected chi connectivity index (χ0v) is 14.2. The van der Waals surface area contributed by atoms with Gasteiger partial charge in [0.2, 0.25) is 0 Å². The van der Waals surface area contributed by atoms with E-state index in [1.165, 1.54) is 5.56 Å². The van der Waals surface area contributed by atoms with Gasteiger partial charge in [-0.3, -0.25) is 9.88 Å². The number of likely N-dealkylation sites (tertiary alicyclic amines) is 1. The highest BCUT2D eigenvalue weighted by atomic mass is 16.1. The fraction of sp³-hybridized carbons (Fsp3) is 0.400. The third kappa shape index (κ3) is 3.55. The summed E-state index contributed by atoms with van der Waals surface area (Å²) in [4.78, 5) is 17.9. The summed E-state index contributed by atoms with van der Waals surface area (Å²) in [5.41, 5.74) is 3.49. The summed E-state index contributed by atoms with van der Waals surface area (Å²) in [7, 11) is 2.03. The van der Waals surface area contributed by atoms with Crippen molar-refractivity contribution < 1.29 is 4.79 Å². The lowest BCUT2D eigenvalue weighted by molar-refractivity contribution is -0.107. The number of carbonyl (C=O) groups is 1. The van der Waals surface area contributed by atoms with E-state index in [2.05, 4.69) is 39.5 Å². The Balaban J connectivity index is 1.73. The molecule has 2 heterocycles. The van der Waals surface area contributed by atoms with Crippen molar-refractivity contribution in [1.29, 1.82) is 0 Å². The minimum absolute atomic E-state index is 0.0414. The first-order chi connectivity index (χ1) is 11.8. The van der Waals surface area contributed by atoms with Crippen molar-refractivity contribution in [2.24, 2.45) is 0 Å². The van der Waals surface area contributed by atoms with Gasteiger partial charge in [0.05, 0.1) is 5.69 Å². The van der Waals surface area contributed by atoms with Crippen LogP contribution in [0.5, 0.6) is 0 Å². The number of carbonyl (C=O) groups excluding carboxylic acids is 1. The molecule has 126 valence electrons. The van der Waals surface area contributed by atoms with Crippen LogP contribution in [0.1, 0.15) is 29.7 Å². The number of hydrogen-bond donors (Lipinski definition) is 1. The summed E-state index contributed by atoms with van der Waals surface area (Å²) in [6.07, 6.45) is 5.40. The maximum atomic E-state index is 11.0. The van der Waals surface area contributed by atoms with Crippen LogP contribution in [0.15, 0.2) is 48.7 Å². The highest BCUT2D eigenvalue weighted by molar-refractivity contribution is 5.57. The highest BCUT2D eigenvalue weighted by Crippen LogP contribution is 2.35. The molecule has 1 fully saturated rings. The van der Waals surface area contributed by atoms with E-state index in [4.69, 9.17) is 0 Å². The molecule has 1 N–H and O–H groups in total. The SMILES string of the molecule is CNC1(c2ccccc2CC=O)CCN(Cc2ccccn2)CC1. The van der Waals surface area contributed by atoms with E-state index >= 15 is 0 Å². The van der Waals surface area contributed by atoms with Crippen molar-refractivity contribution in [2.75, 3.05) is 20.1 Å². The molecule has 1 aliphatic rings. The summed E-state index contributed by atoms with van der Waals surface area (Å²) < 4.78 is 0. The second kappa shape index (κ2) is 7.69. The van der Waals surface area contributed by atoms with Gasteiger partial charge in [0.1, 0.15) is 6.29 Å². The van der Waals surface area contributed by atoms with Crippen molar-refractivity contribution in [3.63, 3.8) is 0 Å². The van der Waals surface area contributed by atoms with Crippen LogP contribution in [0.4, 0.5) is 0 Å². The van der Waals surface area contributed by atoms with E-state index in [1.54, 1.807) is 0 Å². The summed E-state index contributed by atoms with van der Waals surface area (Å²) in [5.74, 6) is 0. The van der Waals surface area contributed by atoms with E-state index < -0.39 is 0 Å². The fourth-order valence-electron chi connectivity index (χ4n) is 3.72. The summed E-state index contributed by atoms with van der Waals surface area (Å²) in [6.45, 7) is 2.94. The molecule has 4 heteroatoms. The van der Waals surface area contributed by atoms with Gasteiger partial charge in [-0.1, -0.05) is 30.3 Å². The molecular weight excluding hydrogens is 298 g/mol. The minimum Gasteiger partial charge on any atom is -0.310 e. The third-order valence-corrected chi connectivity index (χ3v) is 5.14. The van der Waals surface area contributed by atoms with Crippen LogP contribution in [0.3, 0.4) is 0 Å². The largest absolute Gasteiger partial charge is 0.310 e. The van der Waals surface area contributed by atoms with Crippen LogP contribution in [0.25, 0.3) is 0 Å². The molecule has 0 radical (unpaired) electrons. The first-order valence-corrected chi connectivity index (χ1v) is 8.60. The molecular formula is C20H25N3O. The van der Waals surface area contributed by atoms with Gasteiger partial charge in [-0.05, 0) is 43.1 Å². The second-order valence-electron chi connectivity index (χ2n) is 6.46. The Labute approximate surface area is 143 Å². The molecule has 1 saturated heterocycles. The van der Waals surface area contributed by atoms with Crippen molar-refractivity contribution in [1.82, 2.24) is 15.2 Å². The number of piperidine rings is 1. The lowest BCUT2D eigenvalue weighted by atomic mass is 9.78. The molecule has 24 heavy (non-hydrogen) atoms. The average Bonchev–Trinajstić information content (AvgIpc) is 2.64. The van der Waals surface area contributed by atoms with Crippen LogP contribution in [0, 0.1) is 0 Å². The molecule has 4 nitrogen and oxygen atoms in total. The standard InChI is InChI=1S/C20H25N3O/c1-21-20(19-8-3-2-6-17(19)9-15-24)10-13-23(14-11-20)16-18-7-4-5-12-22-18/h2-8,12,15,21H,9-11,13-14,16H2,1H3. The van der Waals surface area contributed by atoms with Gasteiger partial charge < -0.3 is 10.1 Å². The molecule has 1 aromatic heterocycles. The molecule has 0 atom stereocenters. The number of aldehydes is 1. The first kappa shape index (κ1) is 16.8. The molecule has 0 unspecified atom stereocenters. The van der Waals surface area contributed by atoms with E-state index in [-0.39, 0.29) is 5.54 Å². The summed E-state index contributed by atoms with van der Waals surface area (Å²) in [6, 6.07) is 14.4. The zero-order chi connectivity index (χ0) is 16.8. The fourth-order valence-corrected chi connectivity index (χ4v) is 3.72. The maximum Gasteiger partial charge on any atom is 0.124 e. The Morgan fingerprint density at radius 1 is 1.17 bits per heavy atom. The average molecular weight is 323 g/mol. The molecule has 2 aromatic rings. The molecule has 1 aromatic carbocycles. The second-order valence-corrected chi connectivity index (χ2v) is 6.46. The molecule has 0 spiro atoms. The number of hydrogen-bond acceptors (Lipinski definition) is 4. The van der Waals surface area contributed by atoms with Crippen LogP contribution >= 0.6 is 0 Å². The Morgan fingerprint density at radius 3 is 2.58 bits per heavy atom. The van der Waals surface area contributed by atoms with Crippen LogP contribution in [-0.4, -0.2) is 36.3 Å². The predicted octanol–water partition coefficient (Wildman–Crippen LogP) is 2.53. The number of nitrogens with zero attached hydrogens (tertiary/aromatic N) is 2. The number of pyridine rings is 1. The number of benzene rings is 1. The number of nitrogens with one attached hydrogen (secondary N) is 1. The monoisotopic (exact) mass is 323 g/mol. The topological polar surface area (TPSA) is 45.2 Å². The minimum atomic E-state index is -0.0414. The molecule has 0 aliphatic carbocycles. The Bertz CT molecular complexity index is 664. The van der Waals surface area contributed by atoms with E-state index in [9.17, 15) is 4.79 Å². The van der Waals surface area contributed by atoms with E-state index in [0.29, 0.717) is 6.42 Å². The van der Waals surface area contributed by atoms with Gasteiger partial charge in [-0.25, -0.2) is 0 Å². The quantitative estimate of drug-likeness (QED) is 0.830. The normalized spacial score (nSPS) is 17.5. The van der Waals surface area contributed by atoms with Gasteiger partial charge in [0.25, 0.3) is 0 Å². The lowest BCUT2D eigenvalue weighted by Gasteiger charge is -2.43. The van der Waals surface area contributed by atoms with Crippen molar-refractivity contribution in [2.45, 2.75) is 31.3 Å². The van der Waals surface area contributed by atoms with Crippen LogP contribution < -0.4 is 5.32 Å². The van der Waals surface area contributed by atoms with Gasteiger partial charge in [-0.2, -0.15) is 0 Å². The van der Waals surface area contributed by atoms with Crippen molar-refractivity contribution in [3.05, 3.63) is 65.5 Å².